The summed E-state index contributed by atoms with van der Waals surface area (Å²) in [6.07, 6.45) is 2.39. The Labute approximate surface area is 187 Å². The molecule has 1 aromatic rings. The highest BCUT2D eigenvalue weighted by Gasteiger charge is 2.28. The van der Waals surface area contributed by atoms with Crippen LogP contribution in [0.2, 0.25) is 0 Å². The summed E-state index contributed by atoms with van der Waals surface area (Å²) >= 11 is 0. The van der Waals surface area contributed by atoms with Crippen LogP contribution in [0.1, 0.15) is 43.9 Å². The summed E-state index contributed by atoms with van der Waals surface area (Å²) in [6.45, 7) is 11.7. The Kier molecular flexibility index (Phi) is 8.72. The fourth-order valence-electron chi connectivity index (χ4n) is 4.42. The molecule has 2 fully saturated rings. The fourth-order valence-corrected chi connectivity index (χ4v) is 4.42. The van der Waals surface area contributed by atoms with Crippen LogP contribution in [0.15, 0.2) is 29.3 Å². The van der Waals surface area contributed by atoms with Crippen LogP contribution in [-0.2, 0) is 9.53 Å². The van der Waals surface area contributed by atoms with Crippen LogP contribution >= 0.6 is 0 Å². The van der Waals surface area contributed by atoms with Gasteiger partial charge in [0.05, 0.1) is 12.6 Å². The number of hydrogen-bond donors (Lipinski definition) is 2. The molecule has 0 radical (unpaired) electrons. The predicted octanol–water partition coefficient (Wildman–Crippen LogP) is 2.18. The Morgan fingerprint density at radius 1 is 1.19 bits per heavy atom. The van der Waals surface area contributed by atoms with E-state index in [2.05, 4.69) is 56.6 Å². The van der Waals surface area contributed by atoms with Gasteiger partial charge in [-0.05, 0) is 39.2 Å². The molecule has 172 valence electrons. The molecular weight excluding hydrogens is 390 g/mol. The minimum Gasteiger partial charge on any atom is -0.373 e. The molecule has 0 spiro atoms. The zero-order valence-corrected chi connectivity index (χ0v) is 19.6. The van der Waals surface area contributed by atoms with Gasteiger partial charge in [0.2, 0.25) is 5.91 Å². The van der Waals surface area contributed by atoms with Crippen LogP contribution < -0.4 is 10.6 Å². The number of carbonyl (C=O) groups excluding carboxylic acids is 1. The zero-order chi connectivity index (χ0) is 22.2. The van der Waals surface area contributed by atoms with E-state index < -0.39 is 0 Å². The molecular formula is C24H39N5O2. The number of rotatable bonds is 6. The van der Waals surface area contributed by atoms with Crippen molar-refractivity contribution in [1.29, 1.82) is 0 Å². The molecule has 2 aliphatic heterocycles. The minimum atomic E-state index is 0.102. The molecule has 2 saturated heterocycles. The summed E-state index contributed by atoms with van der Waals surface area (Å²) in [6, 6.07) is 8.91. The van der Waals surface area contributed by atoms with Crippen molar-refractivity contribution in [2.45, 2.75) is 45.8 Å². The largest absolute Gasteiger partial charge is 0.373 e. The highest BCUT2D eigenvalue weighted by molar-refractivity contribution is 5.80. The third-order valence-corrected chi connectivity index (χ3v) is 6.07. The van der Waals surface area contributed by atoms with Crippen molar-refractivity contribution in [2.24, 2.45) is 10.9 Å². The van der Waals surface area contributed by atoms with Gasteiger partial charge in [-0.25, -0.2) is 0 Å². The molecule has 3 rings (SSSR count). The molecule has 2 aliphatic rings. The van der Waals surface area contributed by atoms with Crippen LogP contribution in [0.5, 0.6) is 0 Å². The van der Waals surface area contributed by atoms with Gasteiger partial charge in [0.25, 0.3) is 0 Å². The van der Waals surface area contributed by atoms with E-state index in [0.717, 1.165) is 58.1 Å². The Balaban J connectivity index is 1.49. The first kappa shape index (κ1) is 23.5. The summed E-state index contributed by atoms with van der Waals surface area (Å²) in [5.74, 6) is 1.47. The van der Waals surface area contributed by atoms with Crippen molar-refractivity contribution >= 4 is 11.9 Å². The normalized spacial score (nSPS) is 23.1. The van der Waals surface area contributed by atoms with Crippen LogP contribution in [0.4, 0.5) is 0 Å². The zero-order valence-electron chi connectivity index (χ0n) is 19.6. The Morgan fingerprint density at radius 3 is 2.55 bits per heavy atom. The van der Waals surface area contributed by atoms with E-state index in [0.29, 0.717) is 12.5 Å². The Bertz CT molecular complexity index is 726. The van der Waals surface area contributed by atoms with E-state index >= 15 is 0 Å². The molecule has 1 aromatic carbocycles. The predicted molar refractivity (Wildman–Crippen MR) is 125 cm³/mol. The highest BCUT2D eigenvalue weighted by Crippen LogP contribution is 2.33. The molecule has 2 heterocycles. The second kappa shape index (κ2) is 11.5. The van der Waals surface area contributed by atoms with Crippen LogP contribution in [0.25, 0.3) is 0 Å². The fraction of sp³-hybridized carbons (Fsp3) is 0.667. The van der Waals surface area contributed by atoms with Crippen molar-refractivity contribution in [3.05, 3.63) is 35.4 Å². The van der Waals surface area contributed by atoms with E-state index in [1.807, 2.05) is 20.9 Å². The number of aryl methyl sites for hydroxylation is 1. The van der Waals surface area contributed by atoms with Gasteiger partial charge in [0.15, 0.2) is 5.96 Å². The topological polar surface area (TPSA) is 69.2 Å². The summed E-state index contributed by atoms with van der Waals surface area (Å²) in [5.41, 5.74) is 2.54. The monoisotopic (exact) mass is 429 g/mol. The lowest BCUT2D eigenvalue weighted by atomic mass is 9.89. The molecule has 2 unspecified atom stereocenters. The molecule has 0 bridgehead atoms. The maximum Gasteiger partial charge on any atom is 0.234 e. The molecule has 31 heavy (non-hydrogen) atoms. The third-order valence-electron chi connectivity index (χ3n) is 6.07. The van der Waals surface area contributed by atoms with E-state index in [-0.39, 0.29) is 18.1 Å². The van der Waals surface area contributed by atoms with Gasteiger partial charge in [0.1, 0.15) is 0 Å². The summed E-state index contributed by atoms with van der Waals surface area (Å²) in [5, 5.41) is 6.57. The number of carbonyl (C=O) groups is 1. The number of ether oxygens (including phenoxy) is 1. The number of nitrogens with one attached hydrogen (secondary N) is 2. The summed E-state index contributed by atoms with van der Waals surface area (Å²) in [4.78, 5) is 21.1. The third kappa shape index (κ3) is 6.94. The first-order valence-corrected chi connectivity index (χ1v) is 11.6. The average molecular weight is 430 g/mol. The molecule has 0 aromatic heterocycles. The highest BCUT2D eigenvalue weighted by atomic mass is 16.5. The lowest BCUT2D eigenvalue weighted by Gasteiger charge is -2.37. The second-order valence-electron chi connectivity index (χ2n) is 9.02. The Hall–Kier alpha value is -2.12. The summed E-state index contributed by atoms with van der Waals surface area (Å²) < 4.78 is 6.17. The molecule has 0 aliphatic carbocycles. The van der Waals surface area contributed by atoms with E-state index in [4.69, 9.17) is 4.74 Å². The molecule has 0 saturated carbocycles. The number of guanidine groups is 1. The van der Waals surface area contributed by atoms with Crippen LogP contribution in [0.3, 0.4) is 0 Å². The number of nitrogens with zero attached hydrogens (tertiary/aromatic N) is 3. The smallest absolute Gasteiger partial charge is 0.234 e. The van der Waals surface area contributed by atoms with Crippen molar-refractivity contribution in [3.8, 4) is 0 Å². The first-order chi connectivity index (χ1) is 15.0. The first-order valence-electron chi connectivity index (χ1n) is 11.6. The van der Waals surface area contributed by atoms with E-state index in [1.165, 1.54) is 11.1 Å². The van der Waals surface area contributed by atoms with Crippen molar-refractivity contribution in [3.63, 3.8) is 0 Å². The number of aliphatic imine (C=N–C) groups is 1. The lowest BCUT2D eigenvalue weighted by molar-refractivity contribution is -0.123. The lowest BCUT2D eigenvalue weighted by Crippen LogP contribution is -2.54. The number of benzene rings is 1. The second-order valence-corrected chi connectivity index (χ2v) is 9.02. The minimum absolute atomic E-state index is 0.102. The average Bonchev–Trinajstić information content (AvgIpc) is 2.75. The number of hydrogen-bond acceptors (Lipinski definition) is 4. The van der Waals surface area contributed by atoms with Crippen molar-refractivity contribution in [1.82, 2.24) is 20.4 Å². The van der Waals surface area contributed by atoms with Gasteiger partial charge in [0, 0.05) is 58.3 Å². The molecule has 2 atom stereocenters. The van der Waals surface area contributed by atoms with Gasteiger partial charge < -0.3 is 20.3 Å². The molecule has 7 nitrogen and oxygen atoms in total. The van der Waals surface area contributed by atoms with Crippen molar-refractivity contribution in [2.75, 3.05) is 52.9 Å². The number of amides is 1. The summed E-state index contributed by atoms with van der Waals surface area (Å²) in [7, 11) is 1.85. The van der Waals surface area contributed by atoms with E-state index in [1.54, 1.807) is 0 Å². The van der Waals surface area contributed by atoms with Crippen LogP contribution in [0, 0.1) is 12.8 Å². The van der Waals surface area contributed by atoms with Gasteiger partial charge in [-0.2, -0.15) is 0 Å². The maximum absolute atomic E-state index is 12.0. The standard InChI is InChI=1S/C24H39N5O2/c1-18(2)27-22(30)17-28-11-13-29(14-12-28)24(25-4)26-16-21-6-5-15-31-23(21)20-9-7-19(3)8-10-20/h7-10,18,21,23H,5-6,11-17H2,1-4H3,(H,25,26)(H,27,30). The molecule has 7 heteroatoms. The Morgan fingerprint density at radius 2 is 1.90 bits per heavy atom. The van der Waals surface area contributed by atoms with Gasteiger partial charge >= 0.3 is 0 Å². The number of piperazine rings is 1. The SMILES string of the molecule is CN=C(NCC1CCCOC1c1ccc(C)cc1)N1CCN(CC(=O)NC(C)C)CC1. The molecule has 1 amide bonds. The van der Waals surface area contributed by atoms with Gasteiger partial charge in [-0.1, -0.05) is 29.8 Å². The van der Waals surface area contributed by atoms with Crippen molar-refractivity contribution < 1.29 is 9.53 Å². The molecule has 2 N–H and O–H groups in total. The van der Waals surface area contributed by atoms with Crippen LogP contribution in [-0.4, -0.2) is 80.6 Å². The van der Waals surface area contributed by atoms with Gasteiger partial charge in [-0.3, -0.25) is 14.7 Å². The van der Waals surface area contributed by atoms with Gasteiger partial charge in [-0.15, -0.1) is 0 Å². The quantitative estimate of drug-likeness (QED) is 0.536. The van der Waals surface area contributed by atoms with E-state index in [9.17, 15) is 4.79 Å². The maximum atomic E-state index is 12.0.